The van der Waals surface area contributed by atoms with Crippen LogP contribution in [0.2, 0.25) is 0 Å². The number of aryl methyl sites for hydroxylation is 3. The Kier molecular flexibility index (Phi) is 5.07. The molecule has 1 fully saturated rings. The summed E-state index contributed by atoms with van der Waals surface area (Å²) in [6, 6.07) is 3.89. The molecule has 1 aliphatic heterocycles. The lowest BCUT2D eigenvalue weighted by atomic mass is 10.1. The van der Waals surface area contributed by atoms with Gasteiger partial charge in [-0.15, -0.1) is 0 Å². The molecule has 5 heteroatoms. The van der Waals surface area contributed by atoms with Gasteiger partial charge in [0.05, 0.1) is 4.90 Å². The highest BCUT2D eigenvalue weighted by molar-refractivity contribution is 7.89. The van der Waals surface area contributed by atoms with Crippen molar-refractivity contribution in [1.29, 1.82) is 0 Å². The first-order chi connectivity index (χ1) is 9.87. The van der Waals surface area contributed by atoms with Crippen molar-refractivity contribution in [3.8, 4) is 0 Å². The number of sulfonamides is 1. The molecule has 0 radical (unpaired) electrons. The normalized spacial score (nSPS) is 20.1. The highest BCUT2D eigenvalue weighted by Crippen LogP contribution is 2.32. The summed E-state index contributed by atoms with van der Waals surface area (Å²) in [4.78, 5) is 0.462. The molecule has 21 heavy (non-hydrogen) atoms. The van der Waals surface area contributed by atoms with Crippen molar-refractivity contribution in [2.75, 3.05) is 13.2 Å². The van der Waals surface area contributed by atoms with Crippen LogP contribution in [0.15, 0.2) is 17.0 Å². The Bertz CT molecular complexity index is 587. The summed E-state index contributed by atoms with van der Waals surface area (Å²) in [5.41, 5.74) is 2.72. The van der Waals surface area contributed by atoms with E-state index in [1.54, 1.807) is 4.31 Å². The molecule has 1 heterocycles. The molecule has 1 saturated heterocycles. The average Bonchev–Trinajstić information content (AvgIpc) is 2.83. The van der Waals surface area contributed by atoms with Crippen molar-refractivity contribution < 1.29 is 13.5 Å². The first-order valence-electron chi connectivity index (χ1n) is 7.58. The zero-order valence-corrected chi connectivity index (χ0v) is 13.9. The maximum Gasteiger partial charge on any atom is 0.243 e. The van der Waals surface area contributed by atoms with E-state index in [1.165, 1.54) is 0 Å². The standard InChI is InChI=1S/C16H25NO3S/c1-12-10-13(2)16(14(3)11-12)21(19,20)17-8-4-6-15(17)7-5-9-18/h10-11,15,18H,4-9H2,1-3H3. The maximum atomic E-state index is 13.0. The van der Waals surface area contributed by atoms with E-state index >= 15 is 0 Å². The fourth-order valence-corrected chi connectivity index (χ4v) is 5.57. The van der Waals surface area contributed by atoms with E-state index in [0.29, 0.717) is 17.9 Å². The van der Waals surface area contributed by atoms with E-state index in [0.717, 1.165) is 36.0 Å². The minimum absolute atomic E-state index is 0.0299. The van der Waals surface area contributed by atoms with E-state index in [9.17, 15) is 8.42 Å². The van der Waals surface area contributed by atoms with Crippen molar-refractivity contribution in [1.82, 2.24) is 4.31 Å². The van der Waals surface area contributed by atoms with Gasteiger partial charge in [0.2, 0.25) is 10.0 Å². The van der Waals surface area contributed by atoms with Crippen LogP contribution >= 0.6 is 0 Å². The monoisotopic (exact) mass is 311 g/mol. The quantitative estimate of drug-likeness (QED) is 0.909. The molecule has 1 unspecified atom stereocenters. The molecular formula is C16H25NO3S. The number of aliphatic hydroxyl groups is 1. The number of nitrogens with zero attached hydrogens (tertiary/aromatic N) is 1. The molecule has 1 atom stereocenters. The van der Waals surface area contributed by atoms with Gasteiger partial charge >= 0.3 is 0 Å². The first kappa shape index (κ1) is 16.5. The minimum Gasteiger partial charge on any atom is -0.396 e. The van der Waals surface area contributed by atoms with E-state index in [4.69, 9.17) is 5.11 Å². The maximum absolute atomic E-state index is 13.0. The van der Waals surface area contributed by atoms with Crippen LogP contribution in [0.5, 0.6) is 0 Å². The Hall–Kier alpha value is -0.910. The zero-order chi connectivity index (χ0) is 15.6. The molecule has 4 nitrogen and oxygen atoms in total. The van der Waals surface area contributed by atoms with Crippen LogP contribution < -0.4 is 0 Å². The van der Waals surface area contributed by atoms with Crippen LogP contribution in [-0.4, -0.2) is 37.0 Å². The molecule has 0 amide bonds. The van der Waals surface area contributed by atoms with Crippen molar-refractivity contribution in [3.63, 3.8) is 0 Å². The molecule has 2 rings (SSSR count). The lowest BCUT2D eigenvalue weighted by Gasteiger charge is -2.26. The highest BCUT2D eigenvalue weighted by atomic mass is 32.2. The fraction of sp³-hybridized carbons (Fsp3) is 0.625. The molecule has 1 aliphatic rings. The predicted octanol–water partition coefficient (Wildman–Crippen LogP) is 2.54. The van der Waals surface area contributed by atoms with Gasteiger partial charge < -0.3 is 5.11 Å². The molecule has 0 bridgehead atoms. The Morgan fingerprint density at radius 3 is 2.43 bits per heavy atom. The molecule has 0 spiro atoms. The number of hydrogen-bond acceptors (Lipinski definition) is 3. The van der Waals surface area contributed by atoms with Crippen LogP contribution in [0, 0.1) is 20.8 Å². The molecule has 0 aromatic heterocycles. The van der Waals surface area contributed by atoms with Gasteiger partial charge in [0.25, 0.3) is 0 Å². The van der Waals surface area contributed by atoms with Crippen LogP contribution in [0.25, 0.3) is 0 Å². The third-order valence-corrected chi connectivity index (χ3v) is 6.45. The van der Waals surface area contributed by atoms with Crippen molar-refractivity contribution in [3.05, 3.63) is 28.8 Å². The van der Waals surface area contributed by atoms with Gasteiger partial charge in [-0.2, -0.15) is 4.31 Å². The van der Waals surface area contributed by atoms with Crippen LogP contribution in [0.3, 0.4) is 0 Å². The van der Waals surface area contributed by atoms with Crippen molar-refractivity contribution in [2.45, 2.75) is 57.4 Å². The highest BCUT2D eigenvalue weighted by Gasteiger charge is 2.36. The Labute approximate surface area is 127 Å². The lowest BCUT2D eigenvalue weighted by Crippen LogP contribution is -2.36. The van der Waals surface area contributed by atoms with Gasteiger partial charge in [0.15, 0.2) is 0 Å². The summed E-state index contributed by atoms with van der Waals surface area (Å²) in [6.07, 6.45) is 3.19. The average molecular weight is 311 g/mol. The van der Waals surface area contributed by atoms with Crippen molar-refractivity contribution in [2.24, 2.45) is 0 Å². The number of aliphatic hydroxyl groups excluding tert-OH is 1. The second kappa shape index (κ2) is 6.46. The molecule has 1 aromatic carbocycles. The van der Waals surface area contributed by atoms with Gasteiger partial charge in [-0.25, -0.2) is 8.42 Å². The largest absolute Gasteiger partial charge is 0.396 e. The molecule has 1 aromatic rings. The second-order valence-electron chi connectivity index (χ2n) is 6.01. The minimum atomic E-state index is -3.44. The number of rotatable bonds is 5. The first-order valence-corrected chi connectivity index (χ1v) is 9.02. The molecular weight excluding hydrogens is 286 g/mol. The third-order valence-electron chi connectivity index (χ3n) is 4.19. The van der Waals surface area contributed by atoms with Crippen LogP contribution in [0.1, 0.15) is 42.4 Å². The number of benzene rings is 1. The third kappa shape index (κ3) is 3.30. The molecule has 0 aliphatic carbocycles. The second-order valence-corrected chi connectivity index (χ2v) is 7.83. The van der Waals surface area contributed by atoms with Crippen molar-refractivity contribution >= 4 is 10.0 Å². The molecule has 118 valence electrons. The van der Waals surface area contributed by atoms with E-state index in [2.05, 4.69) is 0 Å². The zero-order valence-electron chi connectivity index (χ0n) is 13.1. The smallest absolute Gasteiger partial charge is 0.243 e. The summed E-state index contributed by atoms with van der Waals surface area (Å²) in [5, 5.41) is 8.98. The summed E-state index contributed by atoms with van der Waals surface area (Å²) in [5.74, 6) is 0. The Morgan fingerprint density at radius 1 is 1.24 bits per heavy atom. The molecule has 0 saturated carbocycles. The Morgan fingerprint density at radius 2 is 1.86 bits per heavy atom. The molecule has 1 N–H and O–H groups in total. The Balaban J connectivity index is 2.38. The summed E-state index contributed by atoms with van der Waals surface area (Å²) in [7, 11) is -3.44. The summed E-state index contributed by atoms with van der Waals surface area (Å²) < 4.78 is 27.7. The van der Waals surface area contributed by atoms with E-state index in [-0.39, 0.29) is 12.6 Å². The van der Waals surface area contributed by atoms with Gasteiger partial charge in [0, 0.05) is 19.2 Å². The van der Waals surface area contributed by atoms with Crippen LogP contribution in [0.4, 0.5) is 0 Å². The number of hydrogen-bond donors (Lipinski definition) is 1. The van der Waals surface area contributed by atoms with E-state index < -0.39 is 10.0 Å². The van der Waals surface area contributed by atoms with E-state index in [1.807, 2.05) is 32.9 Å². The SMILES string of the molecule is Cc1cc(C)c(S(=O)(=O)N2CCCC2CCCO)c(C)c1. The van der Waals surface area contributed by atoms with Crippen LogP contribution in [-0.2, 0) is 10.0 Å². The van der Waals surface area contributed by atoms with Gasteiger partial charge in [-0.3, -0.25) is 0 Å². The topological polar surface area (TPSA) is 57.6 Å². The summed E-state index contributed by atoms with van der Waals surface area (Å²) in [6.45, 7) is 6.42. The van der Waals surface area contributed by atoms with Gasteiger partial charge in [0.1, 0.15) is 0 Å². The van der Waals surface area contributed by atoms with Gasteiger partial charge in [-0.05, 0) is 57.6 Å². The summed E-state index contributed by atoms with van der Waals surface area (Å²) >= 11 is 0. The predicted molar refractivity (Wildman–Crippen MR) is 83.9 cm³/mol. The lowest BCUT2D eigenvalue weighted by molar-refractivity contribution is 0.264. The van der Waals surface area contributed by atoms with Gasteiger partial charge in [-0.1, -0.05) is 17.7 Å². The fourth-order valence-electron chi connectivity index (χ4n) is 3.43.